The molecule has 0 atom stereocenters. The Morgan fingerprint density at radius 1 is 1.10 bits per heavy atom. The first-order chi connectivity index (χ1) is 9.68. The molecule has 0 aromatic carbocycles. The lowest BCUT2D eigenvalue weighted by Crippen LogP contribution is -2.24. The number of hydrogen-bond donors (Lipinski definition) is 2. The van der Waals surface area contributed by atoms with Gasteiger partial charge in [-0.3, -0.25) is 4.79 Å². The first kappa shape index (κ1) is 21.2. The van der Waals surface area contributed by atoms with Crippen LogP contribution >= 0.6 is 0 Å². The number of esters is 2. The molecule has 0 aromatic heterocycles. The van der Waals surface area contributed by atoms with Crippen molar-refractivity contribution in [2.24, 2.45) is 5.41 Å². The zero-order valence-electron chi connectivity index (χ0n) is 12.3. The summed E-state index contributed by atoms with van der Waals surface area (Å²) in [6.07, 6.45) is 1.93. The average molecular weight is 302 g/mol. The second kappa shape index (κ2) is 11.7. The van der Waals surface area contributed by atoms with Gasteiger partial charge in [0, 0.05) is 17.6 Å². The van der Waals surface area contributed by atoms with Crippen LogP contribution in [0.5, 0.6) is 0 Å². The summed E-state index contributed by atoms with van der Waals surface area (Å²) >= 11 is 0. The monoisotopic (exact) mass is 302 g/mol. The topological polar surface area (TPSA) is 110 Å². The van der Waals surface area contributed by atoms with E-state index in [1.165, 1.54) is 0 Å². The zero-order chi connectivity index (χ0) is 16.9. The highest BCUT2D eigenvalue weighted by Gasteiger charge is 2.17. The summed E-state index contributed by atoms with van der Waals surface area (Å²) in [6, 6.07) is 0. The molecule has 0 aliphatic carbocycles. The van der Waals surface area contributed by atoms with Crippen molar-refractivity contribution < 1.29 is 34.1 Å². The highest BCUT2D eigenvalue weighted by atomic mass is 16.5. The molecule has 0 heterocycles. The Morgan fingerprint density at radius 2 is 1.57 bits per heavy atom. The molecule has 0 saturated carbocycles. The molecule has 0 bridgehead atoms. The van der Waals surface area contributed by atoms with E-state index in [1.54, 1.807) is 0 Å². The molecular weight excluding hydrogens is 280 g/mol. The SMILES string of the molecule is C=CC(=O)OCC(C)(C)CO.C=CC(=O)OCCC(=O)O. The summed E-state index contributed by atoms with van der Waals surface area (Å²) in [4.78, 5) is 30.7. The number of carbonyl (C=O) groups is 3. The summed E-state index contributed by atoms with van der Waals surface area (Å²) in [7, 11) is 0. The predicted molar refractivity (Wildman–Crippen MR) is 75.4 cm³/mol. The molecule has 0 spiro atoms. The molecule has 21 heavy (non-hydrogen) atoms. The zero-order valence-corrected chi connectivity index (χ0v) is 12.3. The van der Waals surface area contributed by atoms with E-state index in [4.69, 9.17) is 14.9 Å². The van der Waals surface area contributed by atoms with E-state index >= 15 is 0 Å². The summed E-state index contributed by atoms with van der Waals surface area (Å²) in [5.41, 5.74) is -0.362. The van der Waals surface area contributed by atoms with Gasteiger partial charge in [0.25, 0.3) is 0 Å². The second-order valence-electron chi connectivity index (χ2n) is 4.65. The van der Waals surface area contributed by atoms with Crippen molar-refractivity contribution in [1.82, 2.24) is 0 Å². The number of carboxylic acid groups (broad SMARTS) is 1. The Kier molecular flexibility index (Phi) is 11.7. The number of hydrogen-bond acceptors (Lipinski definition) is 6. The fourth-order valence-corrected chi connectivity index (χ4v) is 0.669. The number of aliphatic carboxylic acids is 1. The second-order valence-corrected chi connectivity index (χ2v) is 4.65. The number of carboxylic acids is 1. The van der Waals surface area contributed by atoms with E-state index < -0.39 is 17.9 Å². The number of rotatable bonds is 8. The van der Waals surface area contributed by atoms with E-state index in [-0.39, 0.29) is 31.7 Å². The molecule has 0 rings (SSSR count). The molecule has 0 aromatic rings. The van der Waals surface area contributed by atoms with Crippen molar-refractivity contribution in [3.63, 3.8) is 0 Å². The molecule has 7 heteroatoms. The lowest BCUT2D eigenvalue weighted by atomic mass is 9.97. The van der Waals surface area contributed by atoms with Gasteiger partial charge in [0.15, 0.2) is 0 Å². The smallest absolute Gasteiger partial charge is 0.330 e. The molecule has 2 N–H and O–H groups in total. The molecule has 0 amide bonds. The van der Waals surface area contributed by atoms with Gasteiger partial charge in [-0.2, -0.15) is 0 Å². The minimum absolute atomic E-state index is 0.00256. The van der Waals surface area contributed by atoms with Crippen LogP contribution in [0.4, 0.5) is 0 Å². The van der Waals surface area contributed by atoms with Crippen LogP contribution in [0.25, 0.3) is 0 Å². The van der Waals surface area contributed by atoms with E-state index in [0.29, 0.717) is 0 Å². The number of aliphatic hydroxyl groups is 1. The van der Waals surface area contributed by atoms with Gasteiger partial charge >= 0.3 is 17.9 Å². The lowest BCUT2D eigenvalue weighted by Gasteiger charge is -2.20. The Hall–Kier alpha value is -2.15. The summed E-state index contributed by atoms with van der Waals surface area (Å²) in [5.74, 6) is -2.04. The van der Waals surface area contributed by atoms with Crippen molar-refractivity contribution in [2.75, 3.05) is 19.8 Å². The quantitative estimate of drug-likeness (QED) is 0.507. The van der Waals surface area contributed by atoms with Gasteiger partial charge in [-0.25, -0.2) is 9.59 Å². The molecule has 7 nitrogen and oxygen atoms in total. The summed E-state index contributed by atoms with van der Waals surface area (Å²) in [5, 5.41) is 16.8. The normalized spacial score (nSPS) is 9.67. The predicted octanol–water partition coefficient (Wildman–Crippen LogP) is 0.924. The van der Waals surface area contributed by atoms with Crippen LogP contribution < -0.4 is 0 Å². The fourth-order valence-electron chi connectivity index (χ4n) is 0.669. The Morgan fingerprint density at radius 3 is 1.95 bits per heavy atom. The van der Waals surface area contributed by atoms with Crippen LogP contribution in [0.2, 0.25) is 0 Å². The molecule has 0 aliphatic rings. The van der Waals surface area contributed by atoms with Crippen molar-refractivity contribution in [1.29, 1.82) is 0 Å². The van der Waals surface area contributed by atoms with Crippen molar-refractivity contribution in [3.8, 4) is 0 Å². The number of ether oxygens (including phenoxy) is 2. The first-order valence-electron chi connectivity index (χ1n) is 6.09. The molecule has 0 unspecified atom stereocenters. The van der Waals surface area contributed by atoms with E-state index in [9.17, 15) is 14.4 Å². The third kappa shape index (κ3) is 15.8. The molecule has 0 radical (unpaired) electrons. The summed E-state index contributed by atoms with van der Waals surface area (Å²) < 4.78 is 9.09. The van der Waals surface area contributed by atoms with Crippen molar-refractivity contribution in [3.05, 3.63) is 25.3 Å². The van der Waals surface area contributed by atoms with Gasteiger partial charge in [0.05, 0.1) is 19.6 Å². The van der Waals surface area contributed by atoms with Gasteiger partial charge in [0.1, 0.15) is 6.61 Å². The largest absolute Gasteiger partial charge is 0.481 e. The minimum Gasteiger partial charge on any atom is -0.481 e. The minimum atomic E-state index is -0.989. The fraction of sp³-hybridized carbons (Fsp3) is 0.500. The Balaban J connectivity index is 0. The van der Waals surface area contributed by atoms with Gasteiger partial charge in [-0.15, -0.1) is 0 Å². The molecule has 0 saturated heterocycles. The first-order valence-corrected chi connectivity index (χ1v) is 6.09. The van der Waals surface area contributed by atoms with E-state index in [0.717, 1.165) is 12.2 Å². The number of carbonyl (C=O) groups excluding carboxylic acids is 2. The average Bonchev–Trinajstić information content (AvgIpc) is 2.44. The third-order valence-corrected chi connectivity index (χ3v) is 1.93. The highest BCUT2D eigenvalue weighted by Crippen LogP contribution is 2.13. The van der Waals surface area contributed by atoms with Crippen molar-refractivity contribution in [2.45, 2.75) is 20.3 Å². The van der Waals surface area contributed by atoms with Crippen LogP contribution in [0.1, 0.15) is 20.3 Å². The van der Waals surface area contributed by atoms with Crippen LogP contribution in [0, 0.1) is 5.41 Å². The van der Waals surface area contributed by atoms with Crippen molar-refractivity contribution >= 4 is 17.9 Å². The van der Waals surface area contributed by atoms with E-state index in [2.05, 4.69) is 17.9 Å². The van der Waals surface area contributed by atoms with Crippen LogP contribution in [0.15, 0.2) is 25.3 Å². The van der Waals surface area contributed by atoms with Gasteiger partial charge in [0.2, 0.25) is 0 Å². The Labute approximate surface area is 123 Å². The van der Waals surface area contributed by atoms with E-state index in [1.807, 2.05) is 13.8 Å². The van der Waals surface area contributed by atoms with Crippen LogP contribution in [0.3, 0.4) is 0 Å². The standard InChI is InChI=1S/C8H14O3.C6H8O4/c1-4-7(10)11-6-8(2,3)5-9;1-2-6(9)10-4-3-5(7)8/h4,9H,1,5-6H2,2-3H3;2H,1,3-4H2,(H,7,8). The summed E-state index contributed by atoms with van der Waals surface area (Å²) in [6.45, 7) is 10.1. The molecule has 0 aliphatic heterocycles. The molecule has 120 valence electrons. The van der Waals surface area contributed by atoms with Gasteiger partial charge < -0.3 is 19.7 Å². The van der Waals surface area contributed by atoms with Crippen LogP contribution in [-0.2, 0) is 23.9 Å². The number of aliphatic hydroxyl groups excluding tert-OH is 1. The third-order valence-electron chi connectivity index (χ3n) is 1.93. The molecule has 0 fully saturated rings. The highest BCUT2D eigenvalue weighted by molar-refractivity contribution is 5.81. The van der Waals surface area contributed by atoms with Gasteiger partial charge in [-0.1, -0.05) is 27.0 Å². The van der Waals surface area contributed by atoms with Gasteiger partial charge in [-0.05, 0) is 0 Å². The maximum absolute atomic E-state index is 10.6. The van der Waals surface area contributed by atoms with Crippen LogP contribution in [-0.4, -0.2) is 47.9 Å². The Bertz CT molecular complexity index is 372. The maximum Gasteiger partial charge on any atom is 0.330 e. The maximum atomic E-state index is 10.6. The lowest BCUT2D eigenvalue weighted by molar-refractivity contribution is -0.143. The molecular formula is C14H22O7.